The number of nitrogen functional groups attached to an aromatic ring is 1. The minimum atomic E-state index is -0.0925. The fourth-order valence-corrected chi connectivity index (χ4v) is 2.91. The first-order chi connectivity index (χ1) is 14.2. The maximum absolute atomic E-state index is 12.6. The van der Waals surface area contributed by atoms with Gasteiger partial charge in [-0.25, -0.2) is 15.0 Å². The van der Waals surface area contributed by atoms with Gasteiger partial charge in [0.1, 0.15) is 17.2 Å². The number of anilines is 2. The zero-order valence-corrected chi connectivity index (χ0v) is 15.6. The normalized spacial score (nSPS) is 10.6. The molecule has 4 rings (SSSR count). The summed E-state index contributed by atoms with van der Waals surface area (Å²) in [5, 5.41) is 3.26. The first-order valence-corrected chi connectivity index (χ1v) is 9.10. The molecular formula is C22H19N5O2. The number of rotatable bonds is 7. The van der Waals surface area contributed by atoms with Gasteiger partial charge >= 0.3 is 0 Å². The highest BCUT2D eigenvalue weighted by atomic mass is 16.3. The summed E-state index contributed by atoms with van der Waals surface area (Å²) >= 11 is 0. The lowest BCUT2D eigenvalue weighted by Crippen LogP contribution is -2.08. The molecule has 0 radical (unpaired) electrons. The minimum Gasteiger partial charge on any atom is -0.463 e. The zero-order chi connectivity index (χ0) is 20.1. The number of Topliss-reactive ketones (excluding diaryl/α,β-unsaturated/α-hetero) is 1. The van der Waals surface area contributed by atoms with E-state index in [4.69, 9.17) is 10.2 Å². The van der Waals surface area contributed by atoms with Crippen molar-refractivity contribution in [2.75, 3.05) is 11.1 Å². The molecule has 0 bridgehead atoms. The molecule has 0 aliphatic rings. The predicted octanol–water partition coefficient (Wildman–Crippen LogP) is 3.75. The fraction of sp³-hybridized carbons (Fsp3) is 0.0909. The van der Waals surface area contributed by atoms with E-state index in [9.17, 15) is 4.79 Å². The van der Waals surface area contributed by atoms with Gasteiger partial charge in [0, 0.05) is 19.2 Å². The Labute approximate surface area is 167 Å². The van der Waals surface area contributed by atoms with Crippen molar-refractivity contribution in [3.8, 4) is 11.5 Å². The number of aromatic nitrogens is 3. The maximum atomic E-state index is 12.6. The molecular weight excluding hydrogens is 366 g/mol. The summed E-state index contributed by atoms with van der Waals surface area (Å²) < 4.78 is 5.29. The van der Waals surface area contributed by atoms with Crippen LogP contribution in [0.4, 0.5) is 11.5 Å². The Hall–Kier alpha value is -4.00. The number of pyridine rings is 1. The van der Waals surface area contributed by atoms with Crippen LogP contribution >= 0.6 is 0 Å². The van der Waals surface area contributed by atoms with E-state index in [1.807, 2.05) is 36.4 Å². The molecule has 0 amide bonds. The quantitative estimate of drug-likeness (QED) is 0.467. The van der Waals surface area contributed by atoms with Crippen molar-refractivity contribution in [3.63, 3.8) is 0 Å². The van der Waals surface area contributed by atoms with Gasteiger partial charge in [0.2, 0.25) is 0 Å². The van der Waals surface area contributed by atoms with E-state index in [1.54, 1.807) is 30.8 Å². The molecule has 4 aromatic rings. The third-order valence-corrected chi connectivity index (χ3v) is 4.39. The molecule has 3 N–H and O–H groups in total. The van der Waals surface area contributed by atoms with E-state index in [2.05, 4.69) is 20.3 Å². The van der Waals surface area contributed by atoms with Crippen LogP contribution in [0.3, 0.4) is 0 Å². The average Bonchev–Trinajstić information content (AvgIpc) is 3.28. The Morgan fingerprint density at radius 1 is 1.00 bits per heavy atom. The highest BCUT2D eigenvalue weighted by Crippen LogP contribution is 2.18. The third kappa shape index (κ3) is 4.47. The molecule has 3 heterocycles. The van der Waals surface area contributed by atoms with E-state index in [0.29, 0.717) is 29.5 Å². The molecule has 29 heavy (non-hydrogen) atoms. The second-order valence-electron chi connectivity index (χ2n) is 6.47. The molecule has 7 heteroatoms. The molecule has 0 spiro atoms. The molecule has 144 valence electrons. The van der Waals surface area contributed by atoms with Crippen molar-refractivity contribution in [2.45, 2.75) is 13.0 Å². The molecule has 0 saturated heterocycles. The predicted molar refractivity (Wildman–Crippen MR) is 110 cm³/mol. The van der Waals surface area contributed by atoms with Crippen molar-refractivity contribution in [1.29, 1.82) is 0 Å². The zero-order valence-electron chi connectivity index (χ0n) is 15.6. The van der Waals surface area contributed by atoms with Crippen LogP contribution in [0.1, 0.15) is 21.6 Å². The van der Waals surface area contributed by atoms with Gasteiger partial charge in [0.15, 0.2) is 11.5 Å². The number of benzene rings is 1. The SMILES string of the molecule is Nc1ncccc1NCc1cccc(CC(=O)c2cnc(-c3ccco3)cn2)c1. The molecule has 0 unspecified atom stereocenters. The summed E-state index contributed by atoms with van der Waals surface area (Å²) in [5.74, 6) is 0.978. The van der Waals surface area contributed by atoms with Crippen molar-refractivity contribution in [3.05, 3.63) is 90.2 Å². The molecule has 0 saturated carbocycles. The molecule has 1 aromatic carbocycles. The first-order valence-electron chi connectivity index (χ1n) is 9.10. The van der Waals surface area contributed by atoms with Gasteiger partial charge in [-0.05, 0) is 35.4 Å². The summed E-state index contributed by atoms with van der Waals surface area (Å²) in [6, 6.07) is 15.1. The number of ketones is 1. The smallest absolute Gasteiger partial charge is 0.187 e. The van der Waals surface area contributed by atoms with E-state index >= 15 is 0 Å². The molecule has 0 aliphatic heterocycles. The van der Waals surface area contributed by atoms with E-state index in [0.717, 1.165) is 16.8 Å². The largest absolute Gasteiger partial charge is 0.463 e. The lowest BCUT2D eigenvalue weighted by Gasteiger charge is -2.09. The summed E-state index contributed by atoms with van der Waals surface area (Å²) in [7, 11) is 0. The van der Waals surface area contributed by atoms with Gasteiger partial charge in [-0.15, -0.1) is 0 Å². The van der Waals surface area contributed by atoms with Gasteiger partial charge < -0.3 is 15.5 Å². The van der Waals surface area contributed by atoms with Crippen LogP contribution in [0.2, 0.25) is 0 Å². The maximum Gasteiger partial charge on any atom is 0.187 e. The second kappa shape index (κ2) is 8.35. The number of nitrogens with zero attached hydrogens (tertiary/aromatic N) is 3. The van der Waals surface area contributed by atoms with Gasteiger partial charge in [-0.1, -0.05) is 24.3 Å². The lowest BCUT2D eigenvalue weighted by molar-refractivity contribution is 0.0988. The number of nitrogens with one attached hydrogen (secondary N) is 1. The summed E-state index contributed by atoms with van der Waals surface area (Å²) in [4.78, 5) is 25.1. The molecule has 3 aromatic heterocycles. The van der Waals surface area contributed by atoms with Gasteiger partial charge in [-0.3, -0.25) is 4.79 Å². The van der Waals surface area contributed by atoms with Crippen LogP contribution < -0.4 is 11.1 Å². The molecule has 7 nitrogen and oxygen atoms in total. The van der Waals surface area contributed by atoms with Crippen LogP contribution in [-0.4, -0.2) is 20.7 Å². The third-order valence-electron chi connectivity index (χ3n) is 4.39. The fourth-order valence-electron chi connectivity index (χ4n) is 2.91. The molecule has 0 aliphatic carbocycles. The van der Waals surface area contributed by atoms with Crippen molar-refractivity contribution in [1.82, 2.24) is 15.0 Å². The average molecular weight is 385 g/mol. The molecule has 0 fully saturated rings. The Morgan fingerprint density at radius 3 is 2.66 bits per heavy atom. The van der Waals surface area contributed by atoms with E-state index in [1.165, 1.54) is 6.20 Å². The highest BCUT2D eigenvalue weighted by Gasteiger charge is 2.11. The Balaban J connectivity index is 1.41. The summed E-state index contributed by atoms with van der Waals surface area (Å²) in [6.45, 7) is 0.579. The summed E-state index contributed by atoms with van der Waals surface area (Å²) in [6.07, 6.45) is 6.50. The second-order valence-corrected chi connectivity index (χ2v) is 6.47. The minimum absolute atomic E-state index is 0.0925. The monoisotopic (exact) mass is 385 g/mol. The molecule has 0 atom stereocenters. The lowest BCUT2D eigenvalue weighted by atomic mass is 10.0. The van der Waals surface area contributed by atoms with Crippen LogP contribution in [0, 0.1) is 0 Å². The highest BCUT2D eigenvalue weighted by molar-refractivity contribution is 5.95. The van der Waals surface area contributed by atoms with Gasteiger partial charge in [-0.2, -0.15) is 0 Å². The Kier molecular flexibility index (Phi) is 5.29. The number of hydrogen-bond donors (Lipinski definition) is 2. The van der Waals surface area contributed by atoms with Gasteiger partial charge in [0.25, 0.3) is 0 Å². The summed E-state index contributed by atoms with van der Waals surface area (Å²) in [5.41, 5.74) is 9.49. The van der Waals surface area contributed by atoms with Gasteiger partial charge in [0.05, 0.1) is 24.3 Å². The van der Waals surface area contributed by atoms with Crippen LogP contribution in [0.25, 0.3) is 11.5 Å². The van der Waals surface area contributed by atoms with Crippen LogP contribution in [0.15, 0.2) is 77.8 Å². The van der Waals surface area contributed by atoms with Crippen LogP contribution in [0.5, 0.6) is 0 Å². The Bertz CT molecular complexity index is 1110. The standard InChI is InChI=1S/C22H19N5O2/c23-22-17(6-2-8-24-22)25-12-16-5-1-4-15(10-16)11-20(28)18-13-27-19(14-26-18)21-7-3-9-29-21/h1-10,13-14,25H,11-12H2,(H2,23,24). The number of hydrogen-bond acceptors (Lipinski definition) is 7. The van der Waals surface area contributed by atoms with Crippen molar-refractivity contribution >= 4 is 17.3 Å². The van der Waals surface area contributed by atoms with Crippen molar-refractivity contribution in [2.24, 2.45) is 0 Å². The number of nitrogens with two attached hydrogens (primary N) is 1. The van der Waals surface area contributed by atoms with E-state index < -0.39 is 0 Å². The first kappa shape index (κ1) is 18.4. The number of carbonyl (C=O) groups excluding carboxylic acids is 1. The number of furan rings is 1. The van der Waals surface area contributed by atoms with Crippen LogP contribution in [-0.2, 0) is 13.0 Å². The Morgan fingerprint density at radius 2 is 1.90 bits per heavy atom. The number of carbonyl (C=O) groups is 1. The van der Waals surface area contributed by atoms with E-state index in [-0.39, 0.29) is 12.2 Å². The van der Waals surface area contributed by atoms with Crippen molar-refractivity contribution < 1.29 is 9.21 Å². The topological polar surface area (TPSA) is 107 Å².